The fourth-order valence-corrected chi connectivity index (χ4v) is 1.33. The predicted octanol–water partition coefficient (Wildman–Crippen LogP) is 4.71. The van der Waals surface area contributed by atoms with Crippen molar-refractivity contribution in [1.29, 1.82) is 0 Å². The molecule has 2 nitrogen and oxygen atoms in total. The summed E-state index contributed by atoms with van der Waals surface area (Å²) >= 11 is 0. The van der Waals surface area contributed by atoms with Crippen LogP contribution in [0.1, 0.15) is 0 Å². The maximum Gasteiger partial charge on any atom is 0.471 e. The number of ether oxygens (including phenoxy) is 1. The number of anilines is 1. The molecule has 138 valence electrons. The highest BCUT2D eigenvalue weighted by Crippen LogP contribution is 2.57. The van der Waals surface area contributed by atoms with Gasteiger partial charge in [-0.25, -0.2) is 0 Å². The Balaban J connectivity index is 3.32. The van der Waals surface area contributed by atoms with Crippen LogP contribution in [0.15, 0.2) is 24.3 Å². The zero-order valence-electron chi connectivity index (χ0n) is 11.0. The van der Waals surface area contributed by atoms with Gasteiger partial charge in [-0.2, -0.15) is 48.3 Å². The van der Waals surface area contributed by atoms with Crippen LogP contribution in [0, 0.1) is 0 Å². The number of nitrogen functional groups attached to an aromatic ring is 1. The van der Waals surface area contributed by atoms with E-state index in [4.69, 9.17) is 5.73 Å². The Morgan fingerprint density at radius 2 is 1.12 bits per heavy atom. The van der Waals surface area contributed by atoms with E-state index < -0.39 is 41.5 Å². The molecule has 0 radical (unpaired) electrons. The summed E-state index contributed by atoms with van der Waals surface area (Å²) in [6, 6.07) is 3.25. The summed E-state index contributed by atoms with van der Waals surface area (Å²) in [5.41, 5.74) is 4.24. The third-order valence-electron chi connectivity index (χ3n) is 2.67. The van der Waals surface area contributed by atoms with E-state index in [0.717, 1.165) is 18.2 Å². The van der Waals surface area contributed by atoms with E-state index in [2.05, 4.69) is 4.74 Å². The van der Waals surface area contributed by atoms with Crippen LogP contribution in [-0.2, 0) is 0 Å². The molecule has 0 heterocycles. The third-order valence-corrected chi connectivity index (χ3v) is 2.67. The summed E-state index contributed by atoms with van der Waals surface area (Å²) in [6.45, 7) is 0. The molecule has 0 fully saturated rings. The minimum Gasteiger partial charge on any atom is -0.426 e. The number of nitrogens with two attached hydrogens (primary N) is 1. The molecular formula is C11H6F11NO. The third kappa shape index (κ3) is 2.90. The molecule has 0 saturated heterocycles. The monoisotopic (exact) mass is 377 g/mol. The van der Waals surface area contributed by atoms with Crippen LogP contribution < -0.4 is 10.5 Å². The van der Waals surface area contributed by atoms with Crippen molar-refractivity contribution in [3.8, 4) is 5.75 Å². The van der Waals surface area contributed by atoms with Crippen LogP contribution in [0.25, 0.3) is 0 Å². The van der Waals surface area contributed by atoms with E-state index in [1.165, 1.54) is 0 Å². The molecule has 0 aliphatic carbocycles. The van der Waals surface area contributed by atoms with E-state index in [-0.39, 0.29) is 0 Å². The molecule has 0 amide bonds. The lowest BCUT2D eigenvalue weighted by atomic mass is 10.0. The van der Waals surface area contributed by atoms with Gasteiger partial charge in [-0.1, -0.05) is 12.1 Å². The van der Waals surface area contributed by atoms with Gasteiger partial charge in [0.2, 0.25) is 0 Å². The Kier molecular flexibility index (Phi) is 4.65. The summed E-state index contributed by atoms with van der Waals surface area (Å²) in [6.07, 6.45) is -13.7. The average Bonchev–Trinajstić information content (AvgIpc) is 2.39. The van der Waals surface area contributed by atoms with E-state index in [9.17, 15) is 48.3 Å². The molecule has 0 aromatic heterocycles. The van der Waals surface area contributed by atoms with Crippen molar-refractivity contribution in [2.45, 2.75) is 30.1 Å². The van der Waals surface area contributed by atoms with E-state index in [1.54, 1.807) is 0 Å². The standard InChI is InChI=1S/C11H6F11NO/c12-7(13,8(14,15)10(18,19)20)9(16,17)11(21,22)24-6-4-2-1-3-5(6)23/h1-4H,23H2. The Bertz CT molecular complexity index is 596. The van der Waals surface area contributed by atoms with Crippen LogP contribution in [0.3, 0.4) is 0 Å². The second kappa shape index (κ2) is 5.55. The SMILES string of the molecule is Nc1ccccc1OC(F)(F)C(F)(F)C(F)(F)C(F)(F)C(F)(F)F. The molecule has 13 heteroatoms. The quantitative estimate of drug-likeness (QED) is 0.596. The highest BCUT2D eigenvalue weighted by molar-refractivity contribution is 5.52. The van der Waals surface area contributed by atoms with Crippen molar-refractivity contribution in [3.05, 3.63) is 24.3 Å². The van der Waals surface area contributed by atoms with Gasteiger partial charge in [-0.3, -0.25) is 0 Å². The molecule has 1 rings (SSSR count). The lowest BCUT2D eigenvalue weighted by molar-refractivity contribution is -0.444. The Morgan fingerprint density at radius 1 is 0.667 bits per heavy atom. The molecule has 0 saturated carbocycles. The van der Waals surface area contributed by atoms with Crippen LogP contribution in [0.2, 0.25) is 0 Å². The molecule has 24 heavy (non-hydrogen) atoms. The smallest absolute Gasteiger partial charge is 0.426 e. The van der Waals surface area contributed by atoms with Crippen LogP contribution in [-0.4, -0.2) is 30.1 Å². The van der Waals surface area contributed by atoms with Crippen molar-refractivity contribution in [1.82, 2.24) is 0 Å². The largest absolute Gasteiger partial charge is 0.471 e. The van der Waals surface area contributed by atoms with E-state index in [0.29, 0.717) is 6.07 Å². The van der Waals surface area contributed by atoms with Crippen LogP contribution in [0.5, 0.6) is 5.75 Å². The maximum atomic E-state index is 13.3. The molecule has 1 aromatic rings. The van der Waals surface area contributed by atoms with Gasteiger partial charge >= 0.3 is 30.1 Å². The summed E-state index contributed by atoms with van der Waals surface area (Å²) in [5.74, 6) is -23.5. The zero-order chi connectivity index (χ0) is 19.2. The van der Waals surface area contributed by atoms with Gasteiger partial charge < -0.3 is 10.5 Å². The van der Waals surface area contributed by atoms with E-state index >= 15 is 0 Å². The van der Waals surface area contributed by atoms with Gasteiger partial charge in [0.1, 0.15) is 5.75 Å². The normalized spacial score (nSPS) is 14.6. The maximum absolute atomic E-state index is 13.3. The summed E-state index contributed by atoms with van der Waals surface area (Å²) < 4.78 is 143. The number of alkyl halides is 11. The molecular weight excluding hydrogens is 371 g/mol. The van der Waals surface area contributed by atoms with Crippen molar-refractivity contribution in [2.75, 3.05) is 5.73 Å². The average molecular weight is 377 g/mol. The molecule has 0 spiro atoms. The summed E-state index contributed by atoms with van der Waals surface area (Å²) in [7, 11) is 0. The van der Waals surface area contributed by atoms with Crippen LogP contribution in [0.4, 0.5) is 54.0 Å². The van der Waals surface area contributed by atoms with Gasteiger partial charge in [0.15, 0.2) is 0 Å². The lowest BCUT2D eigenvalue weighted by Gasteiger charge is -2.36. The lowest BCUT2D eigenvalue weighted by Crippen LogP contribution is -2.67. The number of para-hydroxylation sites is 2. The zero-order valence-corrected chi connectivity index (χ0v) is 11.0. The number of halogens is 11. The molecule has 0 aliphatic heterocycles. The number of hydrogen-bond donors (Lipinski definition) is 1. The number of rotatable bonds is 5. The predicted molar refractivity (Wildman–Crippen MR) is 57.3 cm³/mol. The van der Waals surface area contributed by atoms with Crippen molar-refractivity contribution in [3.63, 3.8) is 0 Å². The molecule has 0 atom stereocenters. The molecule has 0 unspecified atom stereocenters. The van der Waals surface area contributed by atoms with Crippen molar-refractivity contribution in [2.24, 2.45) is 0 Å². The first-order chi connectivity index (χ1) is 10.5. The molecule has 0 bridgehead atoms. The van der Waals surface area contributed by atoms with Gasteiger partial charge in [0, 0.05) is 0 Å². The first-order valence-electron chi connectivity index (χ1n) is 5.60. The Labute approximate surface area is 126 Å². The van der Waals surface area contributed by atoms with Crippen molar-refractivity contribution >= 4 is 5.69 Å². The summed E-state index contributed by atoms with van der Waals surface area (Å²) in [4.78, 5) is 0. The van der Waals surface area contributed by atoms with Crippen molar-refractivity contribution < 1.29 is 53.0 Å². The number of hydrogen-bond acceptors (Lipinski definition) is 2. The first kappa shape index (κ1) is 20.1. The first-order valence-corrected chi connectivity index (χ1v) is 5.60. The van der Waals surface area contributed by atoms with Gasteiger partial charge in [-0.05, 0) is 12.1 Å². The Morgan fingerprint density at radius 3 is 1.54 bits per heavy atom. The minimum atomic E-state index is -7.52. The highest BCUT2D eigenvalue weighted by Gasteiger charge is 2.88. The summed E-state index contributed by atoms with van der Waals surface area (Å²) in [5, 5.41) is 0. The van der Waals surface area contributed by atoms with Gasteiger partial charge in [0.05, 0.1) is 5.69 Å². The van der Waals surface area contributed by atoms with E-state index in [1.807, 2.05) is 0 Å². The van der Waals surface area contributed by atoms with Crippen LogP contribution >= 0.6 is 0 Å². The van der Waals surface area contributed by atoms with Gasteiger partial charge in [-0.15, -0.1) is 0 Å². The molecule has 2 N–H and O–H groups in total. The number of benzene rings is 1. The molecule has 1 aromatic carbocycles. The van der Waals surface area contributed by atoms with Gasteiger partial charge in [0.25, 0.3) is 0 Å². The fourth-order valence-electron chi connectivity index (χ4n) is 1.33. The Hall–Kier alpha value is -1.95. The minimum absolute atomic E-state index is 0.485. The topological polar surface area (TPSA) is 35.2 Å². The molecule has 0 aliphatic rings. The highest BCUT2D eigenvalue weighted by atomic mass is 19.4. The second-order valence-electron chi connectivity index (χ2n) is 4.38. The second-order valence-corrected chi connectivity index (χ2v) is 4.38. The fraction of sp³-hybridized carbons (Fsp3) is 0.455.